The molecule has 3 saturated carbocycles. The normalized spacial score (nSPS) is 38.8. The summed E-state index contributed by atoms with van der Waals surface area (Å²) >= 11 is 0. The monoisotopic (exact) mass is 531 g/mol. The van der Waals surface area contributed by atoms with E-state index in [1.807, 2.05) is 13.0 Å². The standard InChI is InChI=1S/C29H41NO8/c1-26(2,3)38-25(36)30-13-10-20(32)23(34)24(35)29(37)12-9-19-18-7-6-16-14-17(31)8-11-27(16,4)22(18)21(33)15-28(19,29)5/h8,11,14,18-19,21-23,33-34,37H,6-7,9-10,12-13,15H2,1-5H3,(H,30,36)/t18-,19-,21-,22+,23?,27-,28-,29-/m0/s1. The zero-order valence-electron chi connectivity index (χ0n) is 23.0. The van der Waals surface area contributed by atoms with E-state index < -0.39 is 51.9 Å². The van der Waals surface area contributed by atoms with Crippen molar-refractivity contribution in [2.45, 2.75) is 96.6 Å². The molecule has 210 valence electrons. The summed E-state index contributed by atoms with van der Waals surface area (Å²) < 4.78 is 5.12. The van der Waals surface area contributed by atoms with Crippen molar-refractivity contribution in [3.8, 4) is 0 Å². The third-order valence-electron chi connectivity index (χ3n) is 9.65. The molecule has 4 aliphatic rings. The molecule has 0 saturated heterocycles. The maximum Gasteiger partial charge on any atom is 0.407 e. The van der Waals surface area contributed by atoms with E-state index in [2.05, 4.69) is 5.32 Å². The summed E-state index contributed by atoms with van der Waals surface area (Å²) in [7, 11) is 0. The highest BCUT2D eigenvalue weighted by Gasteiger charge is 2.69. The number of alkyl carbamates (subject to hydrolysis) is 1. The van der Waals surface area contributed by atoms with Crippen molar-refractivity contribution in [1.82, 2.24) is 5.32 Å². The van der Waals surface area contributed by atoms with Crippen LogP contribution >= 0.6 is 0 Å². The topological polar surface area (TPSA) is 150 Å². The first-order valence-electron chi connectivity index (χ1n) is 13.6. The van der Waals surface area contributed by atoms with E-state index in [0.717, 1.165) is 12.0 Å². The van der Waals surface area contributed by atoms with Crippen LogP contribution in [0.5, 0.6) is 0 Å². The third-order valence-corrected chi connectivity index (χ3v) is 9.65. The second-order valence-corrected chi connectivity index (χ2v) is 13.0. The van der Waals surface area contributed by atoms with Crippen molar-refractivity contribution >= 4 is 23.4 Å². The molecule has 0 aromatic carbocycles. The Hall–Kier alpha value is -2.36. The van der Waals surface area contributed by atoms with Gasteiger partial charge in [-0.15, -0.1) is 0 Å². The number of rotatable bonds is 6. The molecule has 0 aromatic heterocycles. The Morgan fingerprint density at radius 3 is 2.55 bits per heavy atom. The maximum absolute atomic E-state index is 13.5. The number of ketones is 3. The van der Waals surface area contributed by atoms with E-state index in [0.29, 0.717) is 12.8 Å². The van der Waals surface area contributed by atoms with Gasteiger partial charge >= 0.3 is 6.09 Å². The van der Waals surface area contributed by atoms with Gasteiger partial charge in [-0.3, -0.25) is 14.4 Å². The van der Waals surface area contributed by atoms with Crippen molar-refractivity contribution in [1.29, 1.82) is 0 Å². The minimum atomic E-state index is -2.03. The second-order valence-electron chi connectivity index (χ2n) is 13.0. The maximum atomic E-state index is 13.5. The van der Waals surface area contributed by atoms with Gasteiger partial charge < -0.3 is 25.4 Å². The summed E-state index contributed by atoms with van der Waals surface area (Å²) in [6.45, 7) is 8.83. The van der Waals surface area contributed by atoms with Gasteiger partial charge in [0.05, 0.1) is 6.10 Å². The number of allylic oxidation sites excluding steroid dienone is 4. The fraction of sp³-hybridized carbons (Fsp3) is 0.724. The molecule has 0 spiro atoms. The molecule has 0 aliphatic heterocycles. The van der Waals surface area contributed by atoms with Crippen LogP contribution in [-0.4, -0.2) is 68.7 Å². The number of ether oxygens (including phenoxy) is 1. The minimum Gasteiger partial charge on any atom is -0.444 e. The van der Waals surface area contributed by atoms with Crippen LogP contribution in [0.3, 0.4) is 0 Å². The molecular formula is C29H41NO8. The fourth-order valence-corrected chi connectivity index (χ4v) is 7.85. The van der Waals surface area contributed by atoms with Crippen molar-refractivity contribution in [2.24, 2.45) is 28.6 Å². The average molecular weight is 532 g/mol. The van der Waals surface area contributed by atoms with Gasteiger partial charge in [0, 0.05) is 29.7 Å². The number of Topliss-reactive ketones (excluding diaryl/α,β-unsaturated/α-hetero) is 2. The molecular weight excluding hydrogens is 490 g/mol. The van der Waals surface area contributed by atoms with Crippen LogP contribution in [0.25, 0.3) is 0 Å². The summed E-state index contributed by atoms with van der Waals surface area (Å²) in [5.74, 6) is -2.03. The van der Waals surface area contributed by atoms with Gasteiger partial charge in [0.15, 0.2) is 17.7 Å². The molecule has 3 fully saturated rings. The number of amides is 1. The first-order chi connectivity index (χ1) is 17.5. The van der Waals surface area contributed by atoms with Crippen LogP contribution in [0, 0.1) is 28.6 Å². The van der Waals surface area contributed by atoms with Gasteiger partial charge in [-0.2, -0.15) is 0 Å². The van der Waals surface area contributed by atoms with Crippen molar-refractivity contribution < 1.29 is 39.2 Å². The molecule has 0 bridgehead atoms. The molecule has 9 heteroatoms. The van der Waals surface area contributed by atoms with Crippen molar-refractivity contribution in [2.75, 3.05) is 6.54 Å². The molecule has 4 aliphatic carbocycles. The highest BCUT2D eigenvalue weighted by Crippen LogP contribution is 2.67. The predicted molar refractivity (Wildman–Crippen MR) is 138 cm³/mol. The highest BCUT2D eigenvalue weighted by atomic mass is 16.6. The SMILES string of the molecule is CC(C)(C)OC(=O)NCCC(=O)C(O)C(=O)[C@@]1(O)CC[C@H]2[C@@H]3CCC4=CC(=O)C=C[C@]4(C)[C@H]3[C@@H](O)C[C@@]21C. The molecule has 8 atom stereocenters. The Kier molecular flexibility index (Phi) is 7.30. The number of carbonyl (C=O) groups excluding carboxylic acids is 4. The van der Waals surface area contributed by atoms with Crippen molar-refractivity contribution in [3.63, 3.8) is 0 Å². The molecule has 1 amide bonds. The summed E-state index contributed by atoms with van der Waals surface area (Å²) in [6, 6.07) is 0. The number of hydrogen-bond acceptors (Lipinski definition) is 8. The van der Waals surface area contributed by atoms with Gasteiger partial charge in [-0.25, -0.2) is 4.79 Å². The van der Waals surface area contributed by atoms with E-state index >= 15 is 0 Å². The number of carbonyl (C=O) groups is 4. The van der Waals surface area contributed by atoms with E-state index in [-0.39, 0.29) is 49.3 Å². The third kappa shape index (κ3) is 4.67. The van der Waals surface area contributed by atoms with E-state index in [1.54, 1.807) is 39.8 Å². The molecule has 4 N–H and O–H groups in total. The molecule has 0 radical (unpaired) electrons. The van der Waals surface area contributed by atoms with Crippen LogP contribution in [0.15, 0.2) is 23.8 Å². The lowest BCUT2D eigenvalue weighted by atomic mass is 9.46. The molecule has 0 aromatic rings. The molecule has 4 rings (SSSR count). The Labute approximate surface area is 223 Å². The van der Waals surface area contributed by atoms with Crippen LogP contribution < -0.4 is 5.32 Å². The lowest BCUT2D eigenvalue weighted by Gasteiger charge is -2.59. The van der Waals surface area contributed by atoms with Crippen LogP contribution in [0.1, 0.15) is 73.1 Å². The number of aliphatic hydroxyl groups excluding tert-OH is 2. The zero-order chi connectivity index (χ0) is 28.3. The summed E-state index contributed by atoms with van der Waals surface area (Å²) in [5.41, 5.74) is -3.15. The summed E-state index contributed by atoms with van der Waals surface area (Å²) in [4.78, 5) is 50.0. The smallest absolute Gasteiger partial charge is 0.407 e. The molecule has 0 heterocycles. The zero-order valence-corrected chi connectivity index (χ0v) is 23.0. The van der Waals surface area contributed by atoms with Gasteiger partial charge in [0.25, 0.3) is 0 Å². The lowest BCUT2D eigenvalue weighted by molar-refractivity contribution is -0.183. The molecule has 1 unspecified atom stereocenters. The van der Waals surface area contributed by atoms with Gasteiger partial charge in [-0.1, -0.05) is 25.5 Å². The van der Waals surface area contributed by atoms with E-state index in [1.165, 1.54) is 0 Å². The van der Waals surface area contributed by atoms with E-state index in [4.69, 9.17) is 4.74 Å². The largest absolute Gasteiger partial charge is 0.444 e. The first kappa shape index (κ1) is 28.6. The Balaban J connectivity index is 1.47. The van der Waals surface area contributed by atoms with Gasteiger partial charge in [0.1, 0.15) is 11.2 Å². The number of aliphatic hydroxyl groups is 3. The quantitative estimate of drug-likeness (QED) is 0.382. The van der Waals surface area contributed by atoms with Gasteiger partial charge in [-0.05, 0) is 76.9 Å². The van der Waals surface area contributed by atoms with Gasteiger partial charge in [0.2, 0.25) is 5.78 Å². The van der Waals surface area contributed by atoms with Crippen LogP contribution in [0.2, 0.25) is 0 Å². The number of fused-ring (bicyclic) bond motifs is 5. The summed E-state index contributed by atoms with van der Waals surface area (Å²) in [5, 5.41) is 36.3. The number of nitrogens with one attached hydrogen (secondary N) is 1. The van der Waals surface area contributed by atoms with Crippen molar-refractivity contribution in [3.05, 3.63) is 23.8 Å². The fourth-order valence-electron chi connectivity index (χ4n) is 7.85. The first-order valence-corrected chi connectivity index (χ1v) is 13.6. The molecule has 38 heavy (non-hydrogen) atoms. The Morgan fingerprint density at radius 2 is 1.89 bits per heavy atom. The average Bonchev–Trinajstić information content (AvgIpc) is 3.08. The molecule has 9 nitrogen and oxygen atoms in total. The lowest BCUT2D eigenvalue weighted by Crippen LogP contribution is -2.63. The Morgan fingerprint density at radius 1 is 1.21 bits per heavy atom. The summed E-state index contributed by atoms with van der Waals surface area (Å²) in [6.07, 6.45) is 3.45. The highest BCUT2D eigenvalue weighted by molar-refractivity contribution is 6.09. The second kappa shape index (κ2) is 9.68. The van der Waals surface area contributed by atoms with E-state index in [9.17, 15) is 34.5 Å². The Bertz CT molecular complexity index is 1090. The van der Waals surface area contributed by atoms with Crippen LogP contribution in [0.4, 0.5) is 4.79 Å². The number of hydrogen-bond donors (Lipinski definition) is 4. The van der Waals surface area contributed by atoms with Crippen LogP contribution in [-0.2, 0) is 19.1 Å². The minimum absolute atomic E-state index is 0.0106. The predicted octanol–water partition coefficient (Wildman–Crippen LogP) is 2.41.